The maximum atomic E-state index is 6.65. The van der Waals surface area contributed by atoms with Crippen LogP contribution < -0.4 is 0 Å². The monoisotopic (exact) mass is 436 g/mol. The molecule has 0 aromatic rings. The fourth-order valence-corrected chi connectivity index (χ4v) is 10.8. The second-order valence-corrected chi connectivity index (χ2v) is 22.7. The molecule has 4 rings (SSSR count). The summed E-state index contributed by atoms with van der Waals surface area (Å²) in [6, 6.07) is 0. The molecule has 4 saturated carbocycles. The van der Waals surface area contributed by atoms with Gasteiger partial charge in [-0.1, -0.05) is 13.8 Å². The van der Waals surface area contributed by atoms with Crippen LogP contribution in [0.5, 0.6) is 0 Å². The molecule has 0 aliphatic heterocycles. The van der Waals surface area contributed by atoms with Crippen LogP contribution >= 0.6 is 0 Å². The van der Waals surface area contributed by atoms with Crippen molar-refractivity contribution in [3.63, 3.8) is 0 Å². The minimum Gasteiger partial charge on any atom is -0.415 e. The molecule has 0 saturated heterocycles. The van der Waals surface area contributed by atoms with E-state index in [9.17, 15) is 0 Å². The summed E-state index contributed by atoms with van der Waals surface area (Å²) in [6.07, 6.45) is 13.7. The molecule has 0 aromatic carbocycles. The molecule has 4 aliphatic rings. The van der Waals surface area contributed by atoms with Crippen LogP contribution in [0.15, 0.2) is 0 Å². The molecule has 0 bridgehead atoms. The molecule has 4 fully saturated rings. The van der Waals surface area contributed by atoms with Crippen molar-refractivity contribution in [1.82, 2.24) is 0 Å². The van der Waals surface area contributed by atoms with Gasteiger partial charge in [0.1, 0.15) is 0 Å². The minimum atomic E-state index is -1.44. The summed E-state index contributed by atoms with van der Waals surface area (Å²) in [5, 5.41) is 0. The maximum Gasteiger partial charge on any atom is 0.184 e. The molecule has 2 nitrogen and oxygen atoms in total. The zero-order valence-electron chi connectivity index (χ0n) is 20.6. The smallest absolute Gasteiger partial charge is 0.184 e. The number of fused-ring (bicyclic) bond motifs is 5. The highest BCUT2D eigenvalue weighted by molar-refractivity contribution is 6.70. The van der Waals surface area contributed by atoms with Crippen molar-refractivity contribution < 1.29 is 8.85 Å². The Bertz CT molecular complexity index is 609. The number of hydrogen-bond donors (Lipinski definition) is 0. The third-order valence-corrected chi connectivity index (χ3v) is 11.5. The molecule has 0 heterocycles. The Kier molecular flexibility index (Phi) is 5.79. The first-order valence-electron chi connectivity index (χ1n) is 12.6. The minimum absolute atomic E-state index is 0.543. The van der Waals surface area contributed by atoms with Gasteiger partial charge in [-0.05, 0) is 132 Å². The molecule has 168 valence electrons. The zero-order valence-corrected chi connectivity index (χ0v) is 22.6. The highest BCUT2D eigenvalue weighted by atomic mass is 28.4. The van der Waals surface area contributed by atoms with Gasteiger partial charge < -0.3 is 8.85 Å². The van der Waals surface area contributed by atoms with Gasteiger partial charge in [-0.25, -0.2) is 0 Å². The third kappa shape index (κ3) is 4.47. The molecule has 0 aromatic heterocycles. The lowest BCUT2D eigenvalue weighted by Gasteiger charge is -2.60. The van der Waals surface area contributed by atoms with Gasteiger partial charge in [0, 0.05) is 12.2 Å². The molecule has 29 heavy (non-hydrogen) atoms. The van der Waals surface area contributed by atoms with E-state index in [0.717, 1.165) is 23.7 Å². The van der Waals surface area contributed by atoms with Crippen molar-refractivity contribution in [3.05, 3.63) is 0 Å². The SMILES string of the molecule is C[C@]12CC[C@H]3[C@@H](CC[C@H]4C[C@@H](O[Si](C)(C)C)CC[C@@]43C)[C@@H]1C[C@H](O[Si](C)(C)C)C2. The van der Waals surface area contributed by atoms with E-state index in [1.807, 2.05) is 0 Å². The Morgan fingerprint density at radius 3 is 2.00 bits per heavy atom. The van der Waals surface area contributed by atoms with Gasteiger partial charge in [-0.3, -0.25) is 0 Å². The van der Waals surface area contributed by atoms with E-state index >= 15 is 0 Å². The van der Waals surface area contributed by atoms with Crippen molar-refractivity contribution >= 4 is 16.6 Å². The van der Waals surface area contributed by atoms with Crippen molar-refractivity contribution in [2.75, 3.05) is 0 Å². The van der Waals surface area contributed by atoms with Crippen LogP contribution in [0.1, 0.15) is 71.6 Å². The van der Waals surface area contributed by atoms with Gasteiger partial charge in [-0.2, -0.15) is 0 Å². The largest absolute Gasteiger partial charge is 0.415 e. The van der Waals surface area contributed by atoms with Crippen LogP contribution in [0, 0.1) is 34.5 Å². The second-order valence-electron chi connectivity index (χ2n) is 13.8. The average molecular weight is 437 g/mol. The van der Waals surface area contributed by atoms with E-state index < -0.39 is 16.6 Å². The van der Waals surface area contributed by atoms with Crippen molar-refractivity contribution in [1.29, 1.82) is 0 Å². The summed E-state index contributed by atoms with van der Waals surface area (Å²) in [5.74, 6) is 3.73. The number of hydrogen-bond acceptors (Lipinski definition) is 2. The Morgan fingerprint density at radius 1 is 0.690 bits per heavy atom. The standard InChI is InChI=1S/C25H48O2Si2/c1-24-13-12-22-21(23(24)16-20(17-24)27-29(6,7)8)10-9-18-15-19(26-28(3,4)5)11-14-25(18,22)2/h18-23H,9-17H2,1-8H3/t18-,19-,20-,21+,22-,23-,24+,25-/m0/s1. The second kappa shape index (κ2) is 7.45. The van der Waals surface area contributed by atoms with E-state index in [4.69, 9.17) is 8.85 Å². The van der Waals surface area contributed by atoms with Crippen molar-refractivity contribution in [2.45, 2.75) is 123 Å². The predicted octanol–water partition coefficient (Wildman–Crippen LogP) is 7.47. The fourth-order valence-electron chi connectivity index (χ4n) is 8.41. The highest BCUT2D eigenvalue weighted by Gasteiger charge is 2.59. The maximum absolute atomic E-state index is 6.65. The quantitative estimate of drug-likeness (QED) is 0.425. The van der Waals surface area contributed by atoms with Gasteiger partial charge in [-0.15, -0.1) is 0 Å². The summed E-state index contributed by atoms with van der Waals surface area (Å²) in [6.45, 7) is 19.5. The Labute approximate surface area is 183 Å². The van der Waals surface area contributed by atoms with Crippen LogP contribution in [-0.2, 0) is 8.85 Å². The van der Waals surface area contributed by atoms with E-state index in [1.165, 1.54) is 57.8 Å². The summed E-state index contributed by atoms with van der Waals surface area (Å²) in [5.41, 5.74) is 1.12. The molecule has 0 amide bonds. The van der Waals surface area contributed by atoms with Crippen LogP contribution in [0.4, 0.5) is 0 Å². The van der Waals surface area contributed by atoms with Crippen LogP contribution in [0.25, 0.3) is 0 Å². The van der Waals surface area contributed by atoms with Crippen LogP contribution in [0.2, 0.25) is 39.3 Å². The normalized spacial score (nSPS) is 48.0. The van der Waals surface area contributed by atoms with Gasteiger partial charge in [0.25, 0.3) is 0 Å². The van der Waals surface area contributed by atoms with Crippen LogP contribution in [0.3, 0.4) is 0 Å². The lowest BCUT2D eigenvalue weighted by molar-refractivity contribution is -0.118. The fraction of sp³-hybridized carbons (Fsp3) is 1.00. The summed E-state index contributed by atoms with van der Waals surface area (Å²) >= 11 is 0. The Hall–Kier alpha value is 0.354. The molecular weight excluding hydrogens is 388 g/mol. The van der Waals surface area contributed by atoms with E-state index in [2.05, 4.69) is 53.1 Å². The van der Waals surface area contributed by atoms with Crippen molar-refractivity contribution in [2.24, 2.45) is 34.5 Å². The van der Waals surface area contributed by atoms with E-state index in [1.54, 1.807) is 0 Å². The third-order valence-electron chi connectivity index (χ3n) is 9.39. The molecule has 4 heteroatoms. The zero-order chi connectivity index (χ0) is 21.2. The van der Waals surface area contributed by atoms with Crippen LogP contribution in [-0.4, -0.2) is 28.8 Å². The average Bonchev–Trinajstić information content (AvgIpc) is 2.88. The van der Waals surface area contributed by atoms with Gasteiger partial charge in [0.05, 0.1) is 0 Å². The first-order valence-corrected chi connectivity index (χ1v) is 19.5. The first-order chi connectivity index (χ1) is 13.3. The number of rotatable bonds is 4. The van der Waals surface area contributed by atoms with Gasteiger partial charge in [0.15, 0.2) is 16.6 Å². The summed E-state index contributed by atoms with van der Waals surface area (Å²) in [4.78, 5) is 0. The molecular formula is C25H48O2Si2. The molecule has 8 atom stereocenters. The Balaban J connectivity index is 1.48. The summed E-state index contributed by atoms with van der Waals surface area (Å²) in [7, 11) is -2.87. The molecule has 0 unspecified atom stereocenters. The van der Waals surface area contributed by atoms with E-state index in [0.29, 0.717) is 23.0 Å². The highest BCUT2D eigenvalue weighted by Crippen LogP contribution is 2.66. The lowest BCUT2D eigenvalue weighted by Crippen LogP contribution is -2.53. The molecule has 0 radical (unpaired) electrons. The molecule has 0 spiro atoms. The molecule has 0 N–H and O–H groups in total. The first kappa shape index (κ1) is 22.5. The van der Waals surface area contributed by atoms with Crippen molar-refractivity contribution in [3.8, 4) is 0 Å². The Morgan fingerprint density at radius 2 is 1.34 bits per heavy atom. The topological polar surface area (TPSA) is 18.5 Å². The lowest BCUT2D eigenvalue weighted by atomic mass is 9.45. The predicted molar refractivity (Wildman–Crippen MR) is 128 cm³/mol. The van der Waals surface area contributed by atoms with E-state index in [-0.39, 0.29) is 0 Å². The summed E-state index contributed by atoms with van der Waals surface area (Å²) < 4.78 is 13.2. The molecule has 4 aliphatic carbocycles. The van der Waals surface area contributed by atoms with Gasteiger partial charge in [0.2, 0.25) is 0 Å². The van der Waals surface area contributed by atoms with Gasteiger partial charge >= 0.3 is 0 Å².